The number of hydrogen-bond donors (Lipinski definition) is 1. The Morgan fingerprint density at radius 1 is 1.00 bits per heavy atom. The van der Waals surface area contributed by atoms with Gasteiger partial charge in [-0.25, -0.2) is 0 Å². The van der Waals surface area contributed by atoms with Crippen molar-refractivity contribution < 1.29 is 4.79 Å². The lowest BCUT2D eigenvalue weighted by atomic mass is 9.47. The monoisotopic (exact) mass is 377 g/mol. The Bertz CT molecular complexity index is 783. The molecule has 0 spiro atoms. The number of allylic oxidation sites excluding steroid dienone is 2. The fourth-order valence-electron chi connectivity index (χ4n) is 7.82. The quantitative estimate of drug-likeness (QED) is 0.616. The highest BCUT2D eigenvalue weighted by atomic mass is 16.1. The molecule has 1 aromatic rings. The average molecular weight is 378 g/mol. The molecule has 4 aliphatic carbocycles. The normalized spacial score (nSPS) is 42.0. The number of benzene rings is 1. The van der Waals surface area contributed by atoms with Gasteiger partial charge in [0.05, 0.1) is 0 Å². The van der Waals surface area contributed by atoms with Gasteiger partial charge in [-0.3, -0.25) is 4.79 Å². The summed E-state index contributed by atoms with van der Waals surface area (Å²) in [6.45, 7) is 5.08. The van der Waals surface area contributed by atoms with Gasteiger partial charge in [0, 0.05) is 11.6 Å². The topological polar surface area (TPSA) is 29.1 Å². The van der Waals surface area contributed by atoms with E-state index >= 15 is 0 Å². The molecule has 150 valence electrons. The van der Waals surface area contributed by atoms with Crippen LogP contribution in [0.25, 0.3) is 0 Å². The first-order valence-electron chi connectivity index (χ1n) is 11.6. The van der Waals surface area contributed by atoms with E-state index in [-0.39, 0.29) is 11.3 Å². The van der Waals surface area contributed by atoms with Crippen LogP contribution in [0, 0.1) is 28.6 Å². The van der Waals surface area contributed by atoms with Crippen LogP contribution in [-0.4, -0.2) is 11.9 Å². The maximum Gasteiger partial charge on any atom is 0.251 e. The third-order valence-electron chi connectivity index (χ3n) is 9.37. The first kappa shape index (κ1) is 18.5. The summed E-state index contributed by atoms with van der Waals surface area (Å²) in [6, 6.07) is 10.1. The zero-order valence-corrected chi connectivity index (χ0v) is 17.5. The van der Waals surface area contributed by atoms with E-state index in [4.69, 9.17) is 0 Å². The van der Waals surface area contributed by atoms with Crippen molar-refractivity contribution in [2.24, 2.45) is 28.6 Å². The van der Waals surface area contributed by atoms with Gasteiger partial charge >= 0.3 is 0 Å². The van der Waals surface area contributed by atoms with Crippen molar-refractivity contribution in [2.45, 2.75) is 77.7 Å². The minimum absolute atomic E-state index is 0.114. The summed E-state index contributed by atoms with van der Waals surface area (Å²) < 4.78 is 0. The summed E-state index contributed by atoms with van der Waals surface area (Å²) in [5, 5.41) is 3.45. The Kier molecular flexibility index (Phi) is 4.45. The van der Waals surface area contributed by atoms with Crippen molar-refractivity contribution in [3.05, 3.63) is 47.5 Å². The van der Waals surface area contributed by atoms with Crippen LogP contribution in [0.3, 0.4) is 0 Å². The van der Waals surface area contributed by atoms with Crippen molar-refractivity contribution in [1.82, 2.24) is 5.32 Å². The molecule has 1 aromatic carbocycles. The van der Waals surface area contributed by atoms with Crippen LogP contribution in [0.4, 0.5) is 0 Å². The smallest absolute Gasteiger partial charge is 0.251 e. The maximum atomic E-state index is 12.8. The molecular weight excluding hydrogens is 342 g/mol. The molecule has 1 unspecified atom stereocenters. The van der Waals surface area contributed by atoms with Gasteiger partial charge in [0.1, 0.15) is 0 Å². The highest BCUT2D eigenvalue weighted by Crippen LogP contribution is 2.65. The van der Waals surface area contributed by atoms with E-state index in [0.717, 1.165) is 29.7 Å². The van der Waals surface area contributed by atoms with Crippen LogP contribution in [0.15, 0.2) is 42.0 Å². The molecule has 3 fully saturated rings. The van der Waals surface area contributed by atoms with Crippen molar-refractivity contribution in [2.75, 3.05) is 0 Å². The third-order valence-corrected chi connectivity index (χ3v) is 9.37. The molecule has 0 radical (unpaired) electrons. The molecule has 0 aliphatic heterocycles. The number of carbonyl (C=O) groups excluding carboxylic acids is 1. The Morgan fingerprint density at radius 2 is 1.82 bits per heavy atom. The van der Waals surface area contributed by atoms with Crippen LogP contribution >= 0.6 is 0 Å². The Morgan fingerprint density at radius 3 is 2.64 bits per heavy atom. The second kappa shape index (κ2) is 6.75. The molecule has 0 aromatic heterocycles. The van der Waals surface area contributed by atoms with E-state index in [1.54, 1.807) is 5.57 Å². The average Bonchev–Trinajstić information content (AvgIpc) is 3.04. The fourth-order valence-corrected chi connectivity index (χ4v) is 7.82. The highest BCUT2D eigenvalue weighted by Gasteiger charge is 2.58. The van der Waals surface area contributed by atoms with Gasteiger partial charge < -0.3 is 5.32 Å². The molecule has 2 nitrogen and oxygen atoms in total. The van der Waals surface area contributed by atoms with E-state index in [2.05, 4.69) is 25.2 Å². The summed E-state index contributed by atoms with van der Waals surface area (Å²) in [5.41, 5.74) is 3.33. The van der Waals surface area contributed by atoms with Gasteiger partial charge in [-0.05, 0) is 98.5 Å². The lowest BCUT2D eigenvalue weighted by Crippen LogP contribution is -2.53. The van der Waals surface area contributed by atoms with Crippen LogP contribution in [-0.2, 0) is 0 Å². The minimum atomic E-state index is 0.114. The molecule has 2 heteroatoms. The van der Waals surface area contributed by atoms with Crippen LogP contribution in [0.5, 0.6) is 0 Å². The van der Waals surface area contributed by atoms with Crippen molar-refractivity contribution >= 4 is 5.91 Å². The van der Waals surface area contributed by atoms with E-state index in [9.17, 15) is 4.79 Å². The lowest BCUT2D eigenvalue weighted by molar-refractivity contribution is -0.0434. The van der Waals surface area contributed by atoms with Gasteiger partial charge in [0.2, 0.25) is 0 Å². The van der Waals surface area contributed by atoms with Crippen LogP contribution in [0.2, 0.25) is 0 Å². The largest absolute Gasteiger partial charge is 0.349 e. The Hall–Kier alpha value is -1.57. The lowest BCUT2D eigenvalue weighted by Gasteiger charge is -2.58. The van der Waals surface area contributed by atoms with E-state index < -0.39 is 0 Å². The molecule has 0 bridgehead atoms. The molecule has 28 heavy (non-hydrogen) atoms. The summed E-state index contributed by atoms with van der Waals surface area (Å²) >= 11 is 0. The first-order valence-corrected chi connectivity index (χ1v) is 11.6. The Labute approximate surface area is 170 Å². The van der Waals surface area contributed by atoms with E-state index in [1.807, 2.05) is 30.3 Å². The highest BCUT2D eigenvalue weighted by molar-refractivity contribution is 5.94. The predicted octanol–water partition coefficient (Wildman–Crippen LogP) is 6.14. The van der Waals surface area contributed by atoms with E-state index in [1.165, 1.54) is 51.4 Å². The van der Waals surface area contributed by atoms with Crippen molar-refractivity contribution in [3.8, 4) is 0 Å². The number of nitrogens with one attached hydrogen (secondary N) is 1. The van der Waals surface area contributed by atoms with Gasteiger partial charge in [-0.2, -0.15) is 0 Å². The number of amides is 1. The molecule has 4 aliphatic rings. The van der Waals surface area contributed by atoms with Gasteiger partial charge in [0.15, 0.2) is 0 Å². The molecule has 1 amide bonds. The van der Waals surface area contributed by atoms with Crippen molar-refractivity contribution in [1.29, 1.82) is 0 Å². The first-order chi connectivity index (χ1) is 13.5. The second-order valence-corrected chi connectivity index (χ2v) is 10.5. The Balaban J connectivity index is 1.36. The predicted molar refractivity (Wildman–Crippen MR) is 114 cm³/mol. The zero-order chi connectivity index (χ0) is 19.4. The maximum absolute atomic E-state index is 12.8. The SMILES string of the molecule is C[C@]12CCCC=C1CC[C@@H]1[C@@H]2CC[C@]2(C)C(NC(=O)c3ccccc3)CC[C@@H]12. The zero-order valence-electron chi connectivity index (χ0n) is 17.5. The van der Waals surface area contributed by atoms with Crippen molar-refractivity contribution in [3.63, 3.8) is 0 Å². The van der Waals surface area contributed by atoms with Gasteiger partial charge in [0.25, 0.3) is 5.91 Å². The summed E-state index contributed by atoms with van der Waals surface area (Å²) in [7, 11) is 0. The van der Waals surface area contributed by atoms with Gasteiger partial charge in [-0.15, -0.1) is 0 Å². The molecule has 5 rings (SSSR count). The molecule has 0 heterocycles. The third kappa shape index (κ3) is 2.70. The fraction of sp³-hybridized carbons (Fsp3) is 0.654. The number of rotatable bonds is 2. The molecule has 1 N–H and O–H groups in total. The van der Waals surface area contributed by atoms with Crippen LogP contribution in [0.1, 0.15) is 82.0 Å². The number of hydrogen-bond acceptors (Lipinski definition) is 1. The molecule has 0 saturated heterocycles. The minimum Gasteiger partial charge on any atom is -0.349 e. The summed E-state index contributed by atoms with van der Waals surface area (Å²) in [6.07, 6.45) is 14.5. The standard InChI is InChI=1S/C26H35NO/c1-25-16-7-6-10-19(25)11-12-20-21-13-14-23(26(21,2)17-15-22(20)25)27-24(28)18-8-4-3-5-9-18/h3-5,8-10,20-23H,6-7,11-17H2,1-2H3,(H,27,28)/t20-,21-,22-,23?,25-,26-/m0/s1. The number of fused-ring (bicyclic) bond motifs is 5. The number of carbonyl (C=O) groups is 1. The van der Waals surface area contributed by atoms with E-state index in [0.29, 0.717) is 11.5 Å². The second-order valence-electron chi connectivity index (χ2n) is 10.5. The molecule has 3 saturated carbocycles. The van der Waals surface area contributed by atoms with Crippen LogP contribution < -0.4 is 5.32 Å². The summed E-state index contributed by atoms with van der Waals surface area (Å²) in [5.74, 6) is 2.63. The molecule has 6 atom stereocenters. The molecular formula is C26H35NO. The summed E-state index contributed by atoms with van der Waals surface area (Å²) in [4.78, 5) is 12.8. The van der Waals surface area contributed by atoms with Gasteiger partial charge in [-0.1, -0.05) is 43.7 Å².